The third-order valence-electron chi connectivity index (χ3n) is 3.84. The van der Waals surface area contributed by atoms with Crippen molar-refractivity contribution >= 4 is 6.09 Å². The van der Waals surface area contributed by atoms with Crippen molar-refractivity contribution < 1.29 is 14.6 Å². The summed E-state index contributed by atoms with van der Waals surface area (Å²) in [4.78, 5) is 13.8. The standard InChI is InChI=1S/C17H31N3O3/c1-8-20(18-17(6,7)13(2)21)14-9-11-19(12-10-14)15(22)23-16(3,4)5/h8,14,18,21H,1-2,9-12H2,3-7H3. The van der Waals surface area contributed by atoms with E-state index in [2.05, 4.69) is 18.6 Å². The molecule has 0 aromatic carbocycles. The van der Waals surface area contributed by atoms with Gasteiger partial charge in [0.2, 0.25) is 0 Å². The Labute approximate surface area is 139 Å². The van der Waals surface area contributed by atoms with Crippen molar-refractivity contribution in [2.45, 2.75) is 64.6 Å². The van der Waals surface area contributed by atoms with Gasteiger partial charge in [-0.25, -0.2) is 10.2 Å². The normalized spacial score (nSPS) is 16.8. The minimum atomic E-state index is -0.642. The minimum Gasteiger partial charge on any atom is -0.511 e. The molecular formula is C17H31N3O3. The molecule has 0 unspecified atom stereocenters. The number of piperidine rings is 1. The van der Waals surface area contributed by atoms with Crippen molar-refractivity contribution in [3.05, 3.63) is 25.1 Å². The summed E-state index contributed by atoms with van der Waals surface area (Å²) in [7, 11) is 0. The molecule has 0 bridgehead atoms. The number of aliphatic hydroxyl groups is 1. The molecule has 0 aliphatic carbocycles. The lowest BCUT2D eigenvalue weighted by molar-refractivity contribution is 0.0115. The lowest BCUT2D eigenvalue weighted by atomic mass is 10.0. The maximum absolute atomic E-state index is 12.1. The van der Waals surface area contributed by atoms with Gasteiger partial charge in [-0.3, -0.25) is 0 Å². The Hall–Kier alpha value is -1.69. The molecule has 6 heteroatoms. The zero-order valence-electron chi connectivity index (χ0n) is 15.1. The van der Waals surface area contributed by atoms with Gasteiger partial charge in [-0.05, 0) is 47.5 Å². The van der Waals surface area contributed by atoms with Crippen LogP contribution in [0.15, 0.2) is 25.1 Å². The first kappa shape index (κ1) is 19.4. The highest BCUT2D eigenvalue weighted by Crippen LogP contribution is 2.21. The predicted octanol–water partition coefficient (Wildman–Crippen LogP) is 3.19. The van der Waals surface area contributed by atoms with Crippen LogP contribution >= 0.6 is 0 Å². The summed E-state index contributed by atoms with van der Waals surface area (Å²) in [6.45, 7) is 18.0. The summed E-state index contributed by atoms with van der Waals surface area (Å²) in [5.74, 6) is 0.0653. The van der Waals surface area contributed by atoms with E-state index < -0.39 is 11.1 Å². The molecule has 1 amide bonds. The topological polar surface area (TPSA) is 65.0 Å². The summed E-state index contributed by atoms with van der Waals surface area (Å²) < 4.78 is 5.40. The van der Waals surface area contributed by atoms with Crippen LogP contribution in [-0.2, 0) is 4.74 Å². The number of aliphatic hydroxyl groups excluding tert-OH is 1. The number of hydrogen-bond donors (Lipinski definition) is 2. The first-order valence-corrected chi connectivity index (χ1v) is 8.01. The van der Waals surface area contributed by atoms with Crippen LogP contribution in [0.5, 0.6) is 0 Å². The fourth-order valence-corrected chi connectivity index (χ4v) is 2.33. The average molecular weight is 325 g/mol. The number of hydrogen-bond acceptors (Lipinski definition) is 5. The fourth-order valence-electron chi connectivity index (χ4n) is 2.33. The zero-order valence-corrected chi connectivity index (χ0v) is 15.1. The van der Waals surface area contributed by atoms with Gasteiger partial charge >= 0.3 is 6.09 Å². The first-order chi connectivity index (χ1) is 10.5. The maximum atomic E-state index is 12.1. The highest BCUT2D eigenvalue weighted by atomic mass is 16.6. The fraction of sp³-hybridized carbons (Fsp3) is 0.706. The van der Waals surface area contributed by atoms with Crippen molar-refractivity contribution in [1.82, 2.24) is 15.3 Å². The third-order valence-corrected chi connectivity index (χ3v) is 3.84. The monoisotopic (exact) mass is 325 g/mol. The van der Waals surface area contributed by atoms with Gasteiger partial charge in [0.15, 0.2) is 0 Å². The van der Waals surface area contributed by atoms with E-state index in [-0.39, 0.29) is 17.9 Å². The van der Waals surface area contributed by atoms with Crippen molar-refractivity contribution in [3.8, 4) is 0 Å². The molecule has 0 saturated carbocycles. The van der Waals surface area contributed by atoms with E-state index >= 15 is 0 Å². The van der Waals surface area contributed by atoms with Crippen molar-refractivity contribution in [2.75, 3.05) is 13.1 Å². The van der Waals surface area contributed by atoms with Crippen LogP contribution in [0.4, 0.5) is 4.79 Å². The van der Waals surface area contributed by atoms with Gasteiger partial charge in [0.05, 0.1) is 5.54 Å². The number of rotatable bonds is 5. The number of nitrogens with one attached hydrogen (secondary N) is 1. The van der Waals surface area contributed by atoms with E-state index in [1.165, 1.54) is 0 Å². The minimum absolute atomic E-state index is 0.0653. The molecule has 23 heavy (non-hydrogen) atoms. The molecule has 6 nitrogen and oxygen atoms in total. The van der Waals surface area contributed by atoms with Crippen LogP contribution in [0.1, 0.15) is 47.5 Å². The van der Waals surface area contributed by atoms with Gasteiger partial charge in [0, 0.05) is 25.3 Å². The van der Waals surface area contributed by atoms with Crippen molar-refractivity contribution in [1.29, 1.82) is 0 Å². The van der Waals surface area contributed by atoms with E-state index in [1.54, 1.807) is 11.1 Å². The van der Waals surface area contributed by atoms with Crippen LogP contribution in [-0.4, -0.2) is 51.4 Å². The number of carbonyl (C=O) groups excluding carboxylic acids is 1. The van der Waals surface area contributed by atoms with E-state index in [1.807, 2.05) is 39.6 Å². The summed E-state index contributed by atoms with van der Waals surface area (Å²) >= 11 is 0. The number of nitrogens with zero attached hydrogens (tertiary/aromatic N) is 2. The van der Waals surface area contributed by atoms with E-state index in [9.17, 15) is 9.90 Å². The number of amides is 1. The Kier molecular flexibility index (Phi) is 6.11. The molecule has 1 heterocycles. The molecule has 0 radical (unpaired) electrons. The molecule has 132 valence electrons. The number of likely N-dealkylation sites (tertiary alicyclic amines) is 1. The Bertz CT molecular complexity index is 446. The van der Waals surface area contributed by atoms with Gasteiger partial charge in [-0.15, -0.1) is 0 Å². The highest BCUT2D eigenvalue weighted by Gasteiger charge is 2.31. The lowest BCUT2D eigenvalue weighted by Gasteiger charge is -2.41. The van der Waals surface area contributed by atoms with Gasteiger partial charge < -0.3 is 19.8 Å². The number of hydrazine groups is 1. The summed E-state index contributed by atoms with van der Waals surface area (Å²) in [6, 6.07) is 0.199. The van der Waals surface area contributed by atoms with Gasteiger partial charge in [-0.1, -0.05) is 13.2 Å². The maximum Gasteiger partial charge on any atom is 0.410 e. The zero-order chi connectivity index (χ0) is 17.8. The average Bonchev–Trinajstić information content (AvgIpc) is 2.43. The van der Waals surface area contributed by atoms with Gasteiger partial charge in [-0.2, -0.15) is 0 Å². The van der Waals surface area contributed by atoms with Gasteiger partial charge in [0.1, 0.15) is 11.4 Å². The smallest absolute Gasteiger partial charge is 0.410 e. The summed E-state index contributed by atoms with van der Waals surface area (Å²) in [5, 5.41) is 11.6. The molecule has 1 saturated heterocycles. The van der Waals surface area contributed by atoms with Crippen LogP contribution < -0.4 is 5.43 Å². The molecule has 1 fully saturated rings. The van der Waals surface area contributed by atoms with Crippen molar-refractivity contribution in [3.63, 3.8) is 0 Å². The molecule has 0 spiro atoms. The van der Waals surface area contributed by atoms with Crippen LogP contribution in [0, 0.1) is 0 Å². The lowest BCUT2D eigenvalue weighted by Crippen LogP contribution is -2.56. The second-order valence-corrected chi connectivity index (χ2v) is 7.47. The second-order valence-electron chi connectivity index (χ2n) is 7.47. The van der Waals surface area contributed by atoms with Crippen LogP contribution in [0.3, 0.4) is 0 Å². The first-order valence-electron chi connectivity index (χ1n) is 8.01. The Balaban J connectivity index is 2.58. The van der Waals surface area contributed by atoms with E-state index in [0.717, 1.165) is 12.8 Å². The summed E-state index contributed by atoms with van der Waals surface area (Å²) in [5.41, 5.74) is 2.11. The molecule has 0 aromatic rings. The van der Waals surface area contributed by atoms with Crippen LogP contribution in [0.2, 0.25) is 0 Å². The molecule has 2 N–H and O–H groups in total. The van der Waals surface area contributed by atoms with Crippen LogP contribution in [0.25, 0.3) is 0 Å². The Morgan fingerprint density at radius 2 is 1.83 bits per heavy atom. The molecule has 0 atom stereocenters. The number of ether oxygens (including phenoxy) is 1. The molecule has 1 aliphatic heterocycles. The van der Waals surface area contributed by atoms with Gasteiger partial charge in [0.25, 0.3) is 0 Å². The quantitative estimate of drug-likeness (QED) is 0.600. The van der Waals surface area contributed by atoms with E-state index in [0.29, 0.717) is 13.1 Å². The molecule has 1 rings (SSSR count). The second kappa shape index (κ2) is 7.25. The molecular weight excluding hydrogens is 294 g/mol. The predicted molar refractivity (Wildman–Crippen MR) is 91.8 cm³/mol. The molecule has 1 aliphatic rings. The van der Waals surface area contributed by atoms with E-state index in [4.69, 9.17) is 4.74 Å². The van der Waals surface area contributed by atoms with Crippen molar-refractivity contribution in [2.24, 2.45) is 0 Å². The largest absolute Gasteiger partial charge is 0.511 e. The molecule has 0 aromatic heterocycles. The SMILES string of the molecule is C=CN(NC(C)(C)C(=C)O)C1CCN(C(=O)OC(C)(C)C)CC1. The Morgan fingerprint density at radius 1 is 1.30 bits per heavy atom. The summed E-state index contributed by atoms with van der Waals surface area (Å²) in [6.07, 6.45) is 3.04. The Morgan fingerprint density at radius 3 is 2.22 bits per heavy atom. The highest BCUT2D eigenvalue weighted by molar-refractivity contribution is 5.68. The third kappa shape index (κ3) is 5.78. The number of carbonyl (C=O) groups is 1.